The predicted molar refractivity (Wildman–Crippen MR) is 57.9 cm³/mol. The molecule has 0 saturated heterocycles. The number of aliphatic hydroxyl groups is 1. The Morgan fingerprint density at radius 2 is 1.80 bits per heavy atom. The van der Waals surface area contributed by atoms with Gasteiger partial charge in [0, 0.05) is 0 Å². The lowest BCUT2D eigenvalue weighted by molar-refractivity contribution is 0.208. The fourth-order valence-corrected chi connectivity index (χ4v) is 2.48. The number of nitrogens with one attached hydrogen (secondary N) is 1. The van der Waals surface area contributed by atoms with Crippen LogP contribution in [0.5, 0.6) is 0 Å². The lowest BCUT2D eigenvalue weighted by Gasteiger charge is -2.23. The van der Waals surface area contributed by atoms with E-state index < -0.39 is 15.6 Å². The van der Waals surface area contributed by atoms with Crippen LogP contribution < -0.4 is 4.72 Å². The fraction of sp³-hybridized carbons (Fsp3) is 0.400. The summed E-state index contributed by atoms with van der Waals surface area (Å²) in [6, 6.07) is 8.07. The second-order valence-electron chi connectivity index (χ2n) is 3.96. The molecule has 5 heteroatoms. The molecule has 0 amide bonds. The molecule has 0 radical (unpaired) electrons. The minimum absolute atomic E-state index is 0.200. The molecule has 84 valence electrons. The zero-order chi connectivity index (χ0) is 11.5. The van der Waals surface area contributed by atoms with Gasteiger partial charge in [0.15, 0.2) is 0 Å². The SMILES string of the molecule is CC(C)(CO)NS(=O)(=O)c1ccccc1. The summed E-state index contributed by atoms with van der Waals surface area (Å²) in [4.78, 5) is 0.200. The van der Waals surface area contributed by atoms with E-state index in [9.17, 15) is 8.42 Å². The van der Waals surface area contributed by atoms with Gasteiger partial charge in [-0.2, -0.15) is 0 Å². The van der Waals surface area contributed by atoms with E-state index in [4.69, 9.17) is 5.11 Å². The van der Waals surface area contributed by atoms with Crippen LogP contribution in [0.1, 0.15) is 13.8 Å². The summed E-state index contributed by atoms with van der Waals surface area (Å²) in [5, 5.41) is 8.98. The molecular weight excluding hydrogens is 214 g/mol. The van der Waals surface area contributed by atoms with Crippen LogP contribution in [0.4, 0.5) is 0 Å². The molecule has 1 aromatic carbocycles. The normalized spacial score (nSPS) is 12.7. The lowest BCUT2D eigenvalue weighted by Crippen LogP contribution is -2.46. The van der Waals surface area contributed by atoms with Crippen LogP contribution in [0.3, 0.4) is 0 Å². The van der Waals surface area contributed by atoms with Gasteiger partial charge in [-0.05, 0) is 26.0 Å². The lowest BCUT2D eigenvalue weighted by atomic mass is 10.1. The minimum atomic E-state index is -3.54. The molecule has 0 heterocycles. The van der Waals surface area contributed by atoms with Crippen molar-refractivity contribution in [3.63, 3.8) is 0 Å². The van der Waals surface area contributed by atoms with Gasteiger partial charge < -0.3 is 5.11 Å². The van der Waals surface area contributed by atoms with Gasteiger partial charge in [0.05, 0.1) is 17.0 Å². The molecule has 0 unspecified atom stereocenters. The topological polar surface area (TPSA) is 66.4 Å². The molecule has 0 bridgehead atoms. The van der Waals surface area contributed by atoms with Gasteiger partial charge in [-0.1, -0.05) is 18.2 Å². The van der Waals surface area contributed by atoms with Crippen LogP contribution >= 0.6 is 0 Å². The molecular formula is C10H15NO3S. The molecule has 0 fully saturated rings. The molecule has 0 aliphatic carbocycles. The van der Waals surface area contributed by atoms with Gasteiger partial charge in [0.1, 0.15) is 0 Å². The molecule has 0 saturated carbocycles. The van der Waals surface area contributed by atoms with Crippen molar-refractivity contribution in [2.24, 2.45) is 0 Å². The predicted octanol–water partition coefficient (Wildman–Crippen LogP) is 0.736. The molecule has 1 aromatic rings. The Hall–Kier alpha value is -0.910. The van der Waals surface area contributed by atoms with Gasteiger partial charge >= 0.3 is 0 Å². The van der Waals surface area contributed by atoms with Gasteiger partial charge in [0.25, 0.3) is 0 Å². The maximum atomic E-state index is 11.8. The van der Waals surface area contributed by atoms with Crippen LogP contribution in [-0.4, -0.2) is 25.7 Å². The number of benzene rings is 1. The highest BCUT2D eigenvalue weighted by Crippen LogP contribution is 2.11. The summed E-state index contributed by atoms with van der Waals surface area (Å²) in [7, 11) is -3.54. The van der Waals surface area contributed by atoms with E-state index in [0.29, 0.717) is 0 Å². The third-order valence-electron chi connectivity index (χ3n) is 1.86. The standard InChI is InChI=1S/C10H15NO3S/c1-10(2,8-12)11-15(13,14)9-6-4-3-5-7-9/h3-7,11-12H,8H2,1-2H3. The fourth-order valence-electron chi connectivity index (χ4n) is 1.05. The van der Waals surface area contributed by atoms with Crippen molar-refractivity contribution in [1.29, 1.82) is 0 Å². The van der Waals surface area contributed by atoms with E-state index >= 15 is 0 Å². The van der Waals surface area contributed by atoms with Crippen molar-refractivity contribution in [3.05, 3.63) is 30.3 Å². The Morgan fingerprint density at radius 3 is 2.27 bits per heavy atom. The first-order valence-electron chi connectivity index (χ1n) is 4.57. The number of aliphatic hydroxyl groups excluding tert-OH is 1. The van der Waals surface area contributed by atoms with Crippen molar-refractivity contribution in [3.8, 4) is 0 Å². The molecule has 15 heavy (non-hydrogen) atoms. The number of hydrogen-bond donors (Lipinski definition) is 2. The van der Waals surface area contributed by atoms with Crippen LogP contribution in [0.2, 0.25) is 0 Å². The van der Waals surface area contributed by atoms with Crippen molar-refractivity contribution in [1.82, 2.24) is 4.72 Å². The summed E-state index contributed by atoms with van der Waals surface area (Å²) in [6.45, 7) is 2.99. The van der Waals surface area contributed by atoms with E-state index in [2.05, 4.69) is 4.72 Å². The zero-order valence-electron chi connectivity index (χ0n) is 8.77. The second-order valence-corrected chi connectivity index (χ2v) is 5.64. The van der Waals surface area contributed by atoms with Crippen LogP contribution in [0, 0.1) is 0 Å². The van der Waals surface area contributed by atoms with Crippen molar-refractivity contribution < 1.29 is 13.5 Å². The maximum absolute atomic E-state index is 11.8. The summed E-state index contributed by atoms with van der Waals surface area (Å²) < 4.78 is 26.0. The Labute approximate surface area is 90.0 Å². The summed E-state index contributed by atoms with van der Waals surface area (Å²) in [5.41, 5.74) is -0.853. The van der Waals surface area contributed by atoms with Gasteiger partial charge in [0.2, 0.25) is 10.0 Å². The highest BCUT2D eigenvalue weighted by molar-refractivity contribution is 7.89. The Bertz CT molecular complexity index is 412. The molecule has 4 nitrogen and oxygen atoms in total. The summed E-state index contributed by atoms with van der Waals surface area (Å²) in [6.07, 6.45) is 0. The number of hydrogen-bond acceptors (Lipinski definition) is 3. The molecule has 0 aliphatic heterocycles. The number of rotatable bonds is 4. The summed E-state index contributed by atoms with van der Waals surface area (Å²) in [5.74, 6) is 0. The minimum Gasteiger partial charge on any atom is -0.394 e. The van der Waals surface area contributed by atoms with E-state index in [1.165, 1.54) is 12.1 Å². The Kier molecular flexibility index (Phi) is 3.49. The van der Waals surface area contributed by atoms with Crippen LogP contribution in [0.25, 0.3) is 0 Å². The summed E-state index contributed by atoms with van der Waals surface area (Å²) >= 11 is 0. The van der Waals surface area contributed by atoms with Crippen molar-refractivity contribution in [2.75, 3.05) is 6.61 Å². The van der Waals surface area contributed by atoms with E-state index in [1.807, 2.05) is 0 Å². The molecule has 0 aliphatic rings. The van der Waals surface area contributed by atoms with E-state index in [0.717, 1.165) is 0 Å². The van der Waals surface area contributed by atoms with E-state index in [-0.39, 0.29) is 11.5 Å². The highest BCUT2D eigenvalue weighted by atomic mass is 32.2. The van der Waals surface area contributed by atoms with Crippen LogP contribution in [0.15, 0.2) is 35.2 Å². The molecule has 0 spiro atoms. The van der Waals surface area contributed by atoms with Gasteiger partial charge in [-0.3, -0.25) is 0 Å². The average Bonchev–Trinajstić information content (AvgIpc) is 2.18. The zero-order valence-corrected chi connectivity index (χ0v) is 9.58. The first-order chi connectivity index (χ1) is 6.87. The smallest absolute Gasteiger partial charge is 0.241 e. The first kappa shape index (κ1) is 12.2. The monoisotopic (exact) mass is 229 g/mol. The highest BCUT2D eigenvalue weighted by Gasteiger charge is 2.24. The van der Waals surface area contributed by atoms with E-state index in [1.54, 1.807) is 32.0 Å². The third kappa shape index (κ3) is 3.30. The molecule has 1 rings (SSSR count). The van der Waals surface area contributed by atoms with Gasteiger partial charge in [-0.15, -0.1) is 0 Å². The Balaban J connectivity index is 2.96. The molecule has 0 aromatic heterocycles. The first-order valence-corrected chi connectivity index (χ1v) is 6.06. The van der Waals surface area contributed by atoms with Crippen molar-refractivity contribution >= 4 is 10.0 Å². The quantitative estimate of drug-likeness (QED) is 0.800. The molecule has 2 N–H and O–H groups in total. The number of sulfonamides is 1. The Morgan fingerprint density at radius 1 is 1.27 bits per heavy atom. The van der Waals surface area contributed by atoms with Crippen molar-refractivity contribution in [2.45, 2.75) is 24.3 Å². The molecule has 0 atom stereocenters. The van der Waals surface area contributed by atoms with Gasteiger partial charge in [-0.25, -0.2) is 13.1 Å². The largest absolute Gasteiger partial charge is 0.394 e. The maximum Gasteiger partial charge on any atom is 0.241 e. The average molecular weight is 229 g/mol. The third-order valence-corrected chi connectivity index (χ3v) is 3.57. The second kappa shape index (κ2) is 4.30. The van der Waals surface area contributed by atoms with Crippen LogP contribution in [-0.2, 0) is 10.0 Å².